The summed E-state index contributed by atoms with van der Waals surface area (Å²) in [6, 6.07) is 0. The molecule has 8 heavy (non-hydrogen) atoms. The van der Waals surface area contributed by atoms with Gasteiger partial charge in [-0.05, 0) is 0 Å². The Morgan fingerprint density at radius 3 is 2.00 bits per heavy atom. The number of rotatable bonds is 3. The van der Waals surface area contributed by atoms with Gasteiger partial charge in [-0.1, -0.05) is 0 Å². The van der Waals surface area contributed by atoms with Gasteiger partial charge in [-0.25, -0.2) is 0 Å². The van der Waals surface area contributed by atoms with Gasteiger partial charge in [-0.15, -0.1) is 0 Å². The molecule has 0 spiro atoms. The summed E-state index contributed by atoms with van der Waals surface area (Å²) in [4.78, 5) is 0. The fourth-order valence-corrected chi connectivity index (χ4v) is 6.24. The van der Waals surface area contributed by atoms with Crippen molar-refractivity contribution in [2.45, 2.75) is 24.2 Å². The third kappa shape index (κ3) is 7.50. The van der Waals surface area contributed by atoms with Gasteiger partial charge in [0.2, 0.25) is 0 Å². The van der Waals surface area contributed by atoms with Crippen molar-refractivity contribution in [3.63, 3.8) is 0 Å². The Labute approximate surface area is 66.6 Å². The molecule has 0 aromatic heterocycles. The first-order valence-corrected chi connectivity index (χ1v) is 17.1. The zero-order chi connectivity index (χ0) is 6.57. The molecule has 0 radical (unpaired) electrons. The molecule has 0 saturated heterocycles. The molecule has 0 heterocycles. The van der Waals surface area contributed by atoms with E-state index < -0.39 is 20.3 Å². The van der Waals surface area contributed by atoms with Crippen molar-refractivity contribution in [3.05, 3.63) is 0 Å². The SMILES string of the molecule is CC(C)C[CH2][Tl]([Cl])[Cl]. The summed E-state index contributed by atoms with van der Waals surface area (Å²) >= 11 is -1.95. The van der Waals surface area contributed by atoms with Crippen molar-refractivity contribution in [2.24, 2.45) is 5.92 Å². The van der Waals surface area contributed by atoms with Crippen LogP contribution in [0.25, 0.3) is 0 Å². The summed E-state index contributed by atoms with van der Waals surface area (Å²) in [6.07, 6.45) is 1.22. The molecule has 0 bridgehead atoms. The van der Waals surface area contributed by atoms with Crippen LogP contribution in [0.3, 0.4) is 0 Å². The molecule has 0 atom stereocenters. The zero-order valence-electron chi connectivity index (χ0n) is 5.32. The molecular weight excluding hydrogens is 335 g/mol. The molecule has 0 unspecified atom stereocenters. The van der Waals surface area contributed by atoms with Gasteiger partial charge < -0.3 is 0 Å². The summed E-state index contributed by atoms with van der Waals surface area (Å²) in [5.41, 5.74) is 0. The van der Waals surface area contributed by atoms with Crippen LogP contribution in [-0.2, 0) is 0 Å². The van der Waals surface area contributed by atoms with E-state index in [4.69, 9.17) is 16.6 Å². The third-order valence-electron chi connectivity index (χ3n) is 0.962. The Hall–Kier alpha value is 1.50. The van der Waals surface area contributed by atoms with Crippen LogP contribution >= 0.6 is 16.6 Å². The fourth-order valence-electron chi connectivity index (χ4n) is 0.459. The van der Waals surface area contributed by atoms with Crippen LogP contribution < -0.4 is 0 Å². The maximum absolute atomic E-state index is 5.71. The quantitative estimate of drug-likeness (QED) is 0.689. The van der Waals surface area contributed by atoms with Gasteiger partial charge in [-0.2, -0.15) is 0 Å². The van der Waals surface area contributed by atoms with E-state index in [1.165, 1.54) is 6.42 Å². The average molecular weight is 346 g/mol. The van der Waals surface area contributed by atoms with E-state index in [1.807, 2.05) is 0 Å². The first-order valence-electron chi connectivity index (χ1n) is 2.91. The molecule has 0 N–H and O–H groups in total. The van der Waals surface area contributed by atoms with E-state index in [2.05, 4.69) is 13.8 Å². The number of hydrogen-bond donors (Lipinski definition) is 0. The Morgan fingerprint density at radius 2 is 1.88 bits per heavy atom. The van der Waals surface area contributed by atoms with Gasteiger partial charge in [0.05, 0.1) is 0 Å². The van der Waals surface area contributed by atoms with Crippen molar-refractivity contribution < 1.29 is 0 Å². The van der Waals surface area contributed by atoms with E-state index >= 15 is 0 Å². The molecule has 0 amide bonds. The second kappa shape index (κ2) is 5.30. The summed E-state index contributed by atoms with van der Waals surface area (Å²) in [6.45, 7) is 4.40. The molecule has 0 rings (SSSR count). The van der Waals surface area contributed by atoms with E-state index in [9.17, 15) is 0 Å². The zero-order valence-corrected chi connectivity index (χ0v) is 11.3. The van der Waals surface area contributed by atoms with Crippen LogP contribution in [-0.4, -0.2) is 20.3 Å². The molecule has 0 saturated carbocycles. The van der Waals surface area contributed by atoms with Crippen LogP contribution in [0, 0.1) is 5.92 Å². The molecule has 3 heteroatoms. The molecule has 48 valence electrons. The van der Waals surface area contributed by atoms with Gasteiger partial charge in [0.1, 0.15) is 0 Å². The minimum atomic E-state index is -1.95. The Bertz CT molecular complexity index is 46.4. The first-order chi connectivity index (χ1) is 3.63. The molecule has 0 aliphatic carbocycles. The van der Waals surface area contributed by atoms with Crippen molar-refractivity contribution in [3.8, 4) is 0 Å². The molecular formula is C5H11Cl2Tl. The molecule has 0 aliphatic heterocycles. The summed E-state index contributed by atoms with van der Waals surface area (Å²) in [5, 5.41) is 0. The van der Waals surface area contributed by atoms with E-state index in [0.29, 0.717) is 0 Å². The van der Waals surface area contributed by atoms with E-state index in [-0.39, 0.29) is 0 Å². The molecule has 0 nitrogen and oxygen atoms in total. The van der Waals surface area contributed by atoms with E-state index in [0.717, 1.165) is 9.90 Å². The Kier molecular flexibility index (Phi) is 6.29. The van der Waals surface area contributed by atoms with Crippen molar-refractivity contribution >= 4 is 36.9 Å². The maximum atomic E-state index is 5.71. The van der Waals surface area contributed by atoms with Gasteiger partial charge in [0, 0.05) is 0 Å². The standard InChI is InChI=1S/C5H11.2ClH.Tl/c1-4-5(2)3;;;/h5H,1,4H2,2-3H3;2*1H;/q;;;+2/p-2. The van der Waals surface area contributed by atoms with Gasteiger partial charge >= 0.3 is 67.1 Å². The second-order valence-corrected chi connectivity index (χ2v) is 18.9. The second-order valence-electron chi connectivity index (χ2n) is 2.36. The topological polar surface area (TPSA) is 0 Å². The Balaban J connectivity index is 2.93. The molecule has 0 fully saturated rings. The summed E-state index contributed by atoms with van der Waals surface area (Å²) < 4.78 is 1.14. The van der Waals surface area contributed by atoms with Crippen LogP contribution in [0.2, 0.25) is 3.98 Å². The van der Waals surface area contributed by atoms with E-state index in [1.54, 1.807) is 0 Å². The van der Waals surface area contributed by atoms with Crippen molar-refractivity contribution in [2.75, 3.05) is 0 Å². The minimum absolute atomic E-state index is 0.773. The first kappa shape index (κ1) is 9.50. The van der Waals surface area contributed by atoms with Crippen molar-refractivity contribution in [1.82, 2.24) is 0 Å². The van der Waals surface area contributed by atoms with Gasteiger partial charge in [-0.3, -0.25) is 0 Å². The Morgan fingerprint density at radius 1 is 1.38 bits per heavy atom. The van der Waals surface area contributed by atoms with Crippen LogP contribution in [0.4, 0.5) is 0 Å². The summed E-state index contributed by atoms with van der Waals surface area (Å²) in [5.74, 6) is 0.773. The molecule has 0 aromatic carbocycles. The van der Waals surface area contributed by atoms with Gasteiger partial charge in [0.15, 0.2) is 0 Å². The van der Waals surface area contributed by atoms with Crippen LogP contribution in [0.1, 0.15) is 20.3 Å². The monoisotopic (exact) mass is 346 g/mol. The number of halogens is 2. The fraction of sp³-hybridized carbons (Fsp3) is 1.00. The van der Waals surface area contributed by atoms with Crippen LogP contribution in [0.5, 0.6) is 0 Å². The molecule has 0 aromatic rings. The number of hydrogen-bond acceptors (Lipinski definition) is 0. The van der Waals surface area contributed by atoms with Gasteiger partial charge in [0.25, 0.3) is 0 Å². The predicted octanol–water partition coefficient (Wildman–Crippen LogP) is 3.00. The summed E-state index contributed by atoms with van der Waals surface area (Å²) in [7, 11) is 11.4. The van der Waals surface area contributed by atoms with Crippen molar-refractivity contribution in [1.29, 1.82) is 0 Å². The molecule has 0 aliphatic rings. The predicted molar refractivity (Wildman–Crippen MR) is 41.7 cm³/mol. The van der Waals surface area contributed by atoms with Crippen LogP contribution in [0.15, 0.2) is 0 Å². The average Bonchev–Trinajstić information content (AvgIpc) is 1.61. The normalized spacial score (nSPS) is 10.1. The third-order valence-corrected chi connectivity index (χ3v) is 7.78.